The van der Waals surface area contributed by atoms with Crippen LogP contribution in [0.25, 0.3) is 11.1 Å². The van der Waals surface area contributed by atoms with Crippen LogP contribution in [0.5, 0.6) is 0 Å². The van der Waals surface area contributed by atoms with E-state index in [-0.39, 0.29) is 30.8 Å². The van der Waals surface area contributed by atoms with Gasteiger partial charge in [-0.05, 0) is 75.6 Å². The zero-order chi connectivity index (χ0) is 35.6. The van der Waals surface area contributed by atoms with Crippen molar-refractivity contribution in [1.29, 1.82) is 0 Å². The molecule has 7 heteroatoms. The predicted octanol–water partition coefficient (Wildman–Crippen LogP) is 8.54. The number of benzene rings is 4. The average molecular weight is 688 g/mol. The Kier molecular flexibility index (Phi) is 10.4. The Morgan fingerprint density at radius 1 is 0.784 bits per heavy atom. The van der Waals surface area contributed by atoms with E-state index in [1.807, 2.05) is 54.6 Å². The molecule has 4 aromatic rings. The molecule has 2 aliphatic heterocycles. The van der Waals surface area contributed by atoms with Crippen molar-refractivity contribution in [3.63, 3.8) is 0 Å². The van der Waals surface area contributed by atoms with Crippen LogP contribution in [-0.4, -0.2) is 41.3 Å². The zero-order valence-electron chi connectivity index (χ0n) is 30.5. The van der Waals surface area contributed by atoms with Gasteiger partial charge in [-0.3, -0.25) is 4.90 Å². The van der Waals surface area contributed by atoms with Crippen LogP contribution < -0.4 is 10.6 Å². The van der Waals surface area contributed by atoms with Gasteiger partial charge in [0.2, 0.25) is 0 Å². The summed E-state index contributed by atoms with van der Waals surface area (Å²) in [6, 6.07) is 35.2. The number of aliphatic hydroxyl groups is 1. The molecule has 268 valence electrons. The fourth-order valence-corrected chi connectivity index (χ4v) is 9.10. The van der Waals surface area contributed by atoms with Crippen LogP contribution in [0.1, 0.15) is 87.2 Å². The van der Waals surface area contributed by atoms with Gasteiger partial charge in [-0.2, -0.15) is 0 Å². The van der Waals surface area contributed by atoms with Crippen LogP contribution in [0.4, 0.5) is 4.79 Å². The molecule has 6 atom stereocenters. The highest BCUT2D eigenvalue weighted by atomic mass is 16.7. The smallest absolute Gasteiger partial charge is 0.315 e. The fraction of sp³-hybridized carbons (Fsp3) is 0.432. The molecule has 0 radical (unpaired) electrons. The summed E-state index contributed by atoms with van der Waals surface area (Å²) < 4.78 is 13.8. The van der Waals surface area contributed by atoms with Gasteiger partial charge in [0, 0.05) is 43.7 Å². The van der Waals surface area contributed by atoms with Gasteiger partial charge < -0.3 is 25.2 Å². The second-order valence-corrected chi connectivity index (χ2v) is 16.3. The molecule has 2 amide bonds. The largest absolute Gasteiger partial charge is 0.392 e. The summed E-state index contributed by atoms with van der Waals surface area (Å²) >= 11 is 0. The standard InChI is InChI=1S/C44H53N3O4/c1-30-39(26-47-29-44(4)23-38(47)22-43(2,3)28-44)50-41(51-40(30)34-18-16-32(27-48)17-19-34)37-15-9-14-36(21-37)35-13-8-12-33(20-35)25-46-42(49)45-24-31-10-6-5-7-11-31/h5-21,30,38-41,48H,22-29H2,1-4H3,(H2,45,46,49)/t30-,38?,39+,40+,41+,44?/m0/s1. The van der Waals surface area contributed by atoms with Crippen LogP contribution in [-0.2, 0) is 29.2 Å². The summed E-state index contributed by atoms with van der Waals surface area (Å²) in [5.74, 6) is 0.139. The number of hydrogen-bond donors (Lipinski definition) is 3. The minimum atomic E-state index is -0.527. The summed E-state index contributed by atoms with van der Waals surface area (Å²) in [6.07, 6.45) is 3.07. The maximum absolute atomic E-state index is 12.5. The Labute approximate surface area is 303 Å². The quantitative estimate of drug-likeness (QED) is 0.156. The summed E-state index contributed by atoms with van der Waals surface area (Å²) in [6.45, 7) is 12.5. The number of urea groups is 1. The van der Waals surface area contributed by atoms with E-state index in [1.54, 1.807) is 0 Å². The Morgan fingerprint density at radius 2 is 1.47 bits per heavy atom. The highest BCUT2D eigenvalue weighted by Gasteiger charge is 2.51. The molecule has 3 N–H and O–H groups in total. The van der Waals surface area contributed by atoms with E-state index in [9.17, 15) is 9.90 Å². The third-order valence-corrected chi connectivity index (χ3v) is 11.2. The molecular formula is C44H53N3O4. The van der Waals surface area contributed by atoms with Gasteiger partial charge in [-0.25, -0.2) is 4.79 Å². The highest BCUT2D eigenvalue weighted by Crippen LogP contribution is 2.53. The van der Waals surface area contributed by atoms with Gasteiger partial charge in [0.25, 0.3) is 0 Å². The van der Waals surface area contributed by atoms with Gasteiger partial charge in [0.1, 0.15) is 0 Å². The number of nitrogens with zero attached hydrogens (tertiary/aromatic N) is 1. The number of hydrogen-bond acceptors (Lipinski definition) is 5. The first-order chi connectivity index (χ1) is 24.6. The maximum Gasteiger partial charge on any atom is 0.315 e. The van der Waals surface area contributed by atoms with Crippen LogP contribution in [0.2, 0.25) is 0 Å². The first-order valence-electron chi connectivity index (χ1n) is 18.6. The summed E-state index contributed by atoms with van der Waals surface area (Å²) in [5.41, 5.74) is 7.91. The maximum atomic E-state index is 12.5. The molecule has 2 saturated heterocycles. The summed E-state index contributed by atoms with van der Waals surface area (Å²) in [7, 11) is 0. The lowest BCUT2D eigenvalue weighted by molar-refractivity contribution is -0.276. The number of amides is 2. The molecule has 1 saturated carbocycles. The highest BCUT2D eigenvalue weighted by molar-refractivity contribution is 5.74. The Bertz CT molecular complexity index is 1790. The molecule has 1 aliphatic carbocycles. The molecule has 2 unspecified atom stereocenters. The minimum absolute atomic E-state index is 0.0107. The summed E-state index contributed by atoms with van der Waals surface area (Å²) in [5, 5.41) is 15.6. The van der Waals surface area contributed by atoms with Crippen molar-refractivity contribution < 1.29 is 19.4 Å². The summed E-state index contributed by atoms with van der Waals surface area (Å²) in [4.78, 5) is 15.2. The number of rotatable bonds is 10. The molecule has 3 aliphatic rings. The van der Waals surface area contributed by atoms with E-state index in [2.05, 4.69) is 91.8 Å². The predicted molar refractivity (Wildman–Crippen MR) is 201 cm³/mol. The van der Waals surface area contributed by atoms with Gasteiger partial charge >= 0.3 is 6.03 Å². The average Bonchev–Trinajstić information content (AvgIpc) is 3.38. The monoisotopic (exact) mass is 687 g/mol. The number of likely N-dealkylation sites (tertiary alicyclic amines) is 1. The molecule has 7 nitrogen and oxygen atoms in total. The molecule has 2 bridgehead atoms. The first-order valence-corrected chi connectivity index (χ1v) is 18.6. The normalized spacial score (nSPS) is 27.2. The lowest BCUT2D eigenvalue weighted by Gasteiger charge is -2.43. The Balaban J connectivity index is 1.08. The number of carbonyl (C=O) groups is 1. The number of nitrogens with one attached hydrogen (secondary N) is 2. The van der Waals surface area contributed by atoms with Gasteiger partial charge in [-0.1, -0.05) is 119 Å². The van der Waals surface area contributed by atoms with Gasteiger partial charge in [0.15, 0.2) is 6.29 Å². The number of carbonyl (C=O) groups excluding carboxylic acids is 1. The van der Waals surface area contributed by atoms with Crippen molar-refractivity contribution in [1.82, 2.24) is 15.5 Å². The molecule has 51 heavy (non-hydrogen) atoms. The van der Waals surface area contributed by atoms with Gasteiger partial charge in [0.05, 0.1) is 18.8 Å². The van der Waals surface area contributed by atoms with Crippen molar-refractivity contribution in [2.45, 2.75) is 91.2 Å². The van der Waals surface area contributed by atoms with Crippen molar-refractivity contribution in [2.75, 3.05) is 13.1 Å². The van der Waals surface area contributed by atoms with Crippen LogP contribution in [0.15, 0.2) is 103 Å². The second-order valence-electron chi connectivity index (χ2n) is 16.3. The third-order valence-electron chi connectivity index (χ3n) is 11.2. The van der Waals surface area contributed by atoms with E-state index < -0.39 is 6.29 Å². The van der Waals surface area contributed by atoms with E-state index in [0.29, 0.717) is 30.0 Å². The van der Waals surface area contributed by atoms with Crippen molar-refractivity contribution in [3.8, 4) is 11.1 Å². The second kappa shape index (κ2) is 14.9. The van der Waals surface area contributed by atoms with E-state index >= 15 is 0 Å². The van der Waals surface area contributed by atoms with Crippen molar-refractivity contribution >= 4 is 6.03 Å². The van der Waals surface area contributed by atoms with Gasteiger partial charge in [-0.15, -0.1) is 0 Å². The molecule has 0 aromatic heterocycles. The Hall–Kier alpha value is -4.01. The van der Waals surface area contributed by atoms with Crippen LogP contribution in [0, 0.1) is 16.7 Å². The molecule has 0 spiro atoms. The SMILES string of the molecule is C[C@H]1[C@@H](CN2CC3(C)CC2CC(C)(C)C3)O[C@@H](c2cccc(-c3cccc(CNC(=O)NCc4ccccc4)c3)c2)O[C@H]1c1ccc(CO)cc1. The first kappa shape index (κ1) is 35.4. The van der Waals surface area contributed by atoms with E-state index in [0.717, 1.165) is 52.0 Å². The van der Waals surface area contributed by atoms with Crippen molar-refractivity contribution in [3.05, 3.63) is 131 Å². The van der Waals surface area contributed by atoms with Crippen LogP contribution >= 0.6 is 0 Å². The topological polar surface area (TPSA) is 83.1 Å². The lowest BCUT2D eigenvalue weighted by Crippen LogP contribution is -2.46. The van der Waals surface area contributed by atoms with Crippen LogP contribution in [0.3, 0.4) is 0 Å². The van der Waals surface area contributed by atoms with E-state index in [1.165, 1.54) is 19.3 Å². The molecule has 3 fully saturated rings. The molecule has 4 aromatic carbocycles. The lowest BCUT2D eigenvalue weighted by atomic mass is 9.65. The Morgan fingerprint density at radius 3 is 2.22 bits per heavy atom. The number of fused-ring (bicyclic) bond motifs is 2. The fourth-order valence-electron chi connectivity index (χ4n) is 9.10. The third kappa shape index (κ3) is 8.39. The number of ether oxygens (including phenoxy) is 2. The zero-order valence-corrected chi connectivity index (χ0v) is 30.5. The number of aliphatic hydroxyl groups excluding tert-OH is 1. The molecule has 2 heterocycles. The van der Waals surface area contributed by atoms with Crippen molar-refractivity contribution in [2.24, 2.45) is 16.7 Å². The molecule has 7 rings (SSSR count). The molecular weight excluding hydrogens is 635 g/mol. The minimum Gasteiger partial charge on any atom is -0.392 e. The van der Waals surface area contributed by atoms with E-state index in [4.69, 9.17) is 9.47 Å².